The number of carbonyl (C=O) groups is 1. The first kappa shape index (κ1) is 13.8. The molecule has 4 nitrogen and oxygen atoms in total. The molecule has 18 heavy (non-hydrogen) atoms. The zero-order valence-corrected chi connectivity index (χ0v) is 11.8. The summed E-state index contributed by atoms with van der Waals surface area (Å²) in [7, 11) is 0. The Morgan fingerprint density at radius 1 is 1.28 bits per heavy atom. The van der Waals surface area contributed by atoms with Gasteiger partial charge in [0.2, 0.25) is 5.91 Å². The van der Waals surface area contributed by atoms with Crippen molar-refractivity contribution in [3.05, 3.63) is 0 Å². The van der Waals surface area contributed by atoms with E-state index in [4.69, 9.17) is 5.73 Å². The van der Waals surface area contributed by atoms with E-state index in [9.17, 15) is 4.79 Å². The summed E-state index contributed by atoms with van der Waals surface area (Å²) < 4.78 is 0. The van der Waals surface area contributed by atoms with E-state index in [1.807, 2.05) is 18.7 Å². The van der Waals surface area contributed by atoms with Crippen molar-refractivity contribution in [3.63, 3.8) is 0 Å². The van der Waals surface area contributed by atoms with Gasteiger partial charge in [-0.3, -0.25) is 4.79 Å². The molecule has 1 unspecified atom stereocenters. The second-order valence-electron chi connectivity index (χ2n) is 6.22. The number of hydrogen-bond donors (Lipinski definition) is 1. The highest BCUT2D eigenvalue weighted by Crippen LogP contribution is 2.21. The molecule has 4 heteroatoms. The van der Waals surface area contributed by atoms with Crippen molar-refractivity contribution in [3.8, 4) is 0 Å². The zero-order chi connectivity index (χ0) is 13.1. The van der Waals surface area contributed by atoms with Gasteiger partial charge < -0.3 is 15.5 Å². The normalized spacial score (nSPS) is 27.1. The molecule has 0 spiro atoms. The molecule has 2 atom stereocenters. The standard InChI is InChI=1S/C14H27N3O/c1-11(2)13(15)14(18)17-8-5-12(10-17)9-16-6-3-4-7-16/h11-13H,3-10,15H2,1-2H3/t12?,13-/m0/s1. The Balaban J connectivity index is 1.78. The SMILES string of the molecule is CC(C)[C@H](N)C(=O)N1CCC(CN2CCCC2)C1. The van der Waals surface area contributed by atoms with Gasteiger partial charge in [0.1, 0.15) is 0 Å². The summed E-state index contributed by atoms with van der Waals surface area (Å²) in [6.07, 6.45) is 3.83. The molecule has 2 rings (SSSR count). The third kappa shape index (κ3) is 3.23. The molecular formula is C14H27N3O. The van der Waals surface area contributed by atoms with Crippen molar-refractivity contribution in [1.29, 1.82) is 0 Å². The van der Waals surface area contributed by atoms with Crippen LogP contribution in [-0.4, -0.2) is 54.5 Å². The lowest BCUT2D eigenvalue weighted by Gasteiger charge is -2.24. The van der Waals surface area contributed by atoms with Crippen LogP contribution in [0.4, 0.5) is 0 Å². The summed E-state index contributed by atoms with van der Waals surface area (Å²) in [4.78, 5) is 16.7. The van der Waals surface area contributed by atoms with Crippen LogP contribution in [0.25, 0.3) is 0 Å². The molecule has 2 aliphatic heterocycles. The fraction of sp³-hybridized carbons (Fsp3) is 0.929. The average Bonchev–Trinajstić information content (AvgIpc) is 2.99. The summed E-state index contributed by atoms with van der Waals surface area (Å²) in [5.41, 5.74) is 5.95. The van der Waals surface area contributed by atoms with Gasteiger partial charge in [0.05, 0.1) is 6.04 Å². The summed E-state index contributed by atoms with van der Waals surface area (Å²) in [6, 6.07) is -0.324. The lowest BCUT2D eigenvalue weighted by Crippen LogP contribution is -2.45. The van der Waals surface area contributed by atoms with Crippen LogP contribution in [0.15, 0.2) is 0 Å². The summed E-state index contributed by atoms with van der Waals surface area (Å²) in [5.74, 6) is 1.04. The maximum atomic E-state index is 12.2. The second-order valence-corrected chi connectivity index (χ2v) is 6.22. The Bertz CT molecular complexity index is 287. The topological polar surface area (TPSA) is 49.6 Å². The zero-order valence-electron chi connectivity index (χ0n) is 11.8. The van der Waals surface area contributed by atoms with Crippen molar-refractivity contribution in [1.82, 2.24) is 9.80 Å². The first-order valence-corrected chi connectivity index (χ1v) is 7.34. The molecule has 104 valence electrons. The number of amides is 1. The highest BCUT2D eigenvalue weighted by Gasteiger charge is 2.31. The van der Waals surface area contributed by atoms with Crippen LogP contribution in [0, 0.1) is 11.8 Å². The van der Waals surface area contributed by atoms with Crippen LogP contribution in [0.5, 0.6) is 0 Å². The van der Waals surface area contributed by atoms with Gasteiger partial charge in [-0.2, -0.15) is 0 Å². The second kappa shape index (κ2) is 6.02. The van der Waals surface area contributed by atoms with E-state index in [0.717, 1.165) is 19.5 Å². The molecule has 1 amide bonds. The summed E-state index contributed by atoms with van der Waals surface area (Å²) in [6.45, 7) is 9.50. The lowest BCUT2D eigenvalue weighted by atomic mass is 10.0. The molecule has 2 heterocycles. The Labute approximate surface area is 110 Å². The molecule has 0 aliphatic carbocycles. The van der Waals surface area contributed by atoms with Crippen LogP contribution < -0.4 is 5.73 Å². The Morgan fingerprint density at radius 3 is 2.56 bits per heavy atom. The van der Waals surface area contributed by atoms with Gasteiger partial charge in [0, 0.05) is 19.6 Å². The van der Waals surface area contributed by atoms with Crippen molar-refractivity contribution in [2.75, 3.05) is 32.7 Å². The van der Waals surface area contributed by atoms with Crippen LogP contribution in [0.3, 0.4) is 0 Å². The third-order valence-corrected chi connectivity index (χ3v) is 4.32. The van der Waals surface area contributed by atoms with Crippen molar-refractivity contribution < 1.29 is 4.79 Å². The highest BCUT2D eigenvalue weighted by molar-refractivity contribution is 5.82. The predicted octanol–water partition coefficient (Wildman–Crippen LogP) is 0.914. The van der Waals surface area contributed by atoms with E-state index in [-0.39, 0.29) is 17.9 Å². The lowest BCUT2D eigenvalue weighted by molar-refractivity contribution is -0.132. The molecule has 0 radical (unpaired) electrons. The van der Waals surface area contributed by atoms with E-state index < -0.39 is 0 Å². The fourth-order valence-corrected chi connectivity index (χ4v) is 3.01. The van der Waals surface area contributed by atoms with Gasteiger partial charge in [-0.15, -0.1) is 0 Å². The first-order chi connectivity index (χ1) is 8.58. The van der Waals surface area contributed by atoms with Gasteiger partial charge in [-0.25, -0.2) is 0 Å². The number of hydrogen-bond acceptors (Lipinski definition) is 3. The molecule has 0 aromatic carbocycles. The minimum absolute atomic E-state index is 0.147. The van der Waals surface area contributed by atoms with Crippen LogP contribution in [0.1, 0.15) is 33.1 Å². The maximum absolute atomic E-state index is 12.2. The van der Waals surface area contributed by atoms with E-state index in [2.05, 4.69) is 4.90 Å². The highest BCUT2D eigenvalue weighted by atomic mass is 16.2. The first-order valence-electron chi connectivity index (χ1n) is 7.34. The Hall–Kier alpha value is -0.610. The molecule has 2 aliphatic rings. The molecule has 2 saturated heterocycles. The minimum atomic E-state index is -0.324. The molecule has 0 saturated carbocycles. The quantitative estimate of drug-likeness (QED) is 0.810. The van der Waals surface area contributed by atoms with Crippen LogP contribution >= 0.6 is 0 Å². The van der Waals surface area contributed by atoms with Crippen molar-refractivity contribution >= 4 is 5.91 Å². The van der Waals surface area contributed by atoms with E-state index in [1.165, 1.54) is 32.5 Å². The average molecular weight is 253 g/mol. The van der Waals surface area contributed by atoms with Gasteiger partial charge in [-0.1, -0.05) is 13.8 Å². The van der Waals surface area contributed by atoms with E-state index in [0.29, 0.717) is 5.92 Å². The van der Waals surface area contributed by atoms with Crippen molar-refractivity contribution in [2.45, 2.75) is 39.2 Å². The van der Waals surface area contributed by atoms with Crippen LogP contribution in [-0.2, 0) is 4.79 Å². The minimum Gasteiger partial charge on any atom is -0.341 e. The van der Waals surface area contributed by atoms with Gasteiger partial charge in [0.15, 0.2) is 0 Å². The van der Waals surface area contributed by atoms with Gasteiger partial charge in [0.25, 0.3) is 0 Å². The number of nitrogens with zero attached hydrogens (tertiary/aromatic N) is 2. The largest absolute Gasteiger partial charge is 0.341 e. The third-order valence-electron chi connectivity index (χ3n) is 4.32. The fourth-order valence-electron chi connectivity index (χ4n) is 3.01. The van der Waals surface area contributed by atoms with Gasteiger partial charge >= 0.3 is 0 Å². The molecular weight excluding hydrogens is 226 g/mol. The maximum Gasteiger partial charge on any atom is 0.239 e. The Kier molecular flexibility index (Phi) is 4.62. The smallest absolute Gasteiger partial charge is 0.239 e. The Morgan fingerprint density at radius 2 is 1.94 bits per heavy atom. The van der Waals surface area contributed by atoms with Crippen LogP contribution in [0.2, 0.25) is 0 Å². The number of likely N-dealkylation sites (tertiary alicyclic amines) is 2. The van der Waals surface area contributed by atoms with E-state index in [1.54, 1.807) is 0 Å². The number of carbonyl (C=O) groups excluding carboxylic acids is 1. The monoisotopic (exact) mass is 253 g/mol. The molecule has 2 fully saturated rings. The van der Waals surface area contributed by atoms with Gasteiger partial charge in [-0.05, 0) is 44.2 Å². The number of nitrogens with two attached hydrogens (primary N) is 1. The molecule has 0 aromatic rings. The molecule has 0 aromatic heterocycles. The van der Waals surface area contributed by atoms with E-state index >= 15 is 0 Å². The summed E-state index contributed by atoms with van der Waals surface area (Å²) >= 11 is 0. The predicted molar refractivity (Wildman–Crippen MR) is 73.2 cm³/mol. The summed E-state index contributed by atoms with van der Waals surface area (Å²) in [5, 5.41) is 0. The molecule has 0 bridgehead atoms. The molecule has 2 N–H and O–H groups in total. The number of rotatable bonds is 4. The van der Waals surface area contributed by atoms with Crippen molar-refractivity contribution in [2.24, 2.45) is 17.6 Å².